The van der Waals surface area contributed by atoms with Crippen LogP contribution in [0.15, 0.2) is 0 Å². The molecule has 0 aromatic rings. The Morgan fingerprint density at radius 2 is 2.08 bits per heavy atom. The highest BCUT2D eigenvalue weighted by atomic mass is 16.5. The third-order valence-corrected chi connectivity index (χ3v) is 2.98. The number of aliphatic hydroxyl groups excluding tert-OH is 1. The molecule has 0 spiro atoms. The Morgan fingerprint density at radius 3 is 2.69 bits per heavy atom. The minimum Gasteiger partial charge on any atom is -0.390 e. The van der Waals surface area contributed by atoms with E-state index in [-0.39, 0.29) is 12.2 Å². The summed E-state index contributed by atoms with van der Waals surface area (Å²) >= 11 is 0. The summed E-state index contributed by atoms with van der Waals surface area (Å²) in [5.74, 6) is 0.769. The van der Waals surface area contributed by atoms with Crippen LogP contribution in [0.2, 0.25) is 0 Å². The fourth-order valence-corrected chi connectivity index (χ4v) is 2.01. The van der Waals surface area contributed by atoms with E-state index in [1.165, 1.54) is 12.8 Å². The van der Waals surface area contributed by atoms with Crippen molar-refractivity contribution in [2.75, 3.05) is 6.61 Å². The van der Waals surface area contributed by atoms with E-state index in [0.29, 0.717) is 0 Å². The zero-order valence-electron chi connectivity index (χ0n) is 8.83. The average Bonchev–Trinajstić information content (AvgIpc) is 2.17. The molecule has 1 rings (SSSR count). The first-order valence-corrected chi connectivity index (χ1v) is 5.57. The van der Waals surface area contributed by atoms with Crippen molar-refractivity contribution in [1.82, 2.24) is 0 Å². The maximum Gasteiger partial charge on any atom is 0.0836 e. The zero-order valence-corrected chi connectivity index (χ0v) is 8.83. The molecule has 1 N–H and O–H groups in total. The molecule has 78 valence electrons. The van der Waals surface area contributed by atoms with Crippen LogP contribution in [0.25, 0.3) is 0 Å². The number of aliphatic hydroxyl groups is 1. The van der Waals surface area contributed by atoms with Gasteiger partial charge in [-0.15, -0.1) is 0 Å². The molecule has 2 heteroatoms. The van der Waals surface area contributed by atoms with Crippen molar-refractivity contribution < 1.29 is 9.84 Å². The summed E-state index contributed by atoms with van der Waals surface area (Å²) in [5.41, 5.74) is 0. The van der Waals surface area contributed by atoms with Crippen LogP contribution >= 0.6 is 0 Å². The summed E-state index contributed by atoms with van der Waals surface area (Å²) in [6, 6.07) is 0. The van der Waals surface area contributed by atoms with E-state index in [0.717, 1.165) is 31.8 Å². The van der Waals surface area contributed by atoms with Gasteiger partial charge in [-0.2, -0.15) is 0 Å². The van der Waals surface area contributed by atoms with Gasteiger partial charge < -0.3 is 9.84 Å². The minimum absolute atomic E-state index is 0.110. The van der Waals surface area contributed by atoms with Crippen molar-refractivity contribution >= 4 is 0 Å². The molecule has 0 heterocycles. The molecule has 0 saturated heterocycles. The van der Waals surface area contributed by atoms with Crippen LogP contribution in [0.1, 0.15) is 46.0 Å². The van der Waals surface area contributed by atoms with Crippen molar-refractivity contribution in [1.29, 1.82) is 0 Å². The highest BCUT2D eigenvalue weighted by Crippen LogP contribution is 2.28. The largest absolute Gasteiger partial charge is 0.390 e. The predicted octanol–water partition coefficient (Wildman–Crippen LogP) is 2.35. The smallest absolute Gasteiger partial charge is 0.0836 e. The normalized spacial score (nSPS) is 34.8. The maximum absolute atomic E-state index is 9.68. The van der Waals surface area contributed by atoms with Gasteiger partial charge in [-0.3, -0.25) is 0 Å². The predicted molar refractivity (Wildman–Crippen MR) is 53.7 cm³/mol. The molecule has 0 aromatic heterocycles. The second-order valence-corrected chi connectivity index (χ2v) is 4.06. The first kappa shape index (κ1) is 11.0. The lowest BCUT2D eigenvalue weighted by Gasteiger charge is -2.32. The third-order valence-electron chi connectivity index (χ3n) is 2.98. The lowest BCUT2D eigenvalue weighted by atomic mass is 9.84. The van der Waals surface area contributed by atoms with Gasteiger partial charge in [-0.05, 0) is 31.6 Å². The molecular weight excluding hydrogens is 164 g/mol. The molecule has 0 radical (unpaired) electrons. The number of hydrogen-bond acceptors (Lipinski definition) is 2. The average molecular weight is 186 g/mol. The van der Waals surface area contributed by atoms with E-state index >= 15 is 0 Å². The van der Waals surface area contributed by atoms with Gasteiger partial charge >= 0.3 is 0 Å². The van der Waals surface area contributed by atoms with Gasteiger partial charge in [0.05, 0.1) is 12.2 Å². The fourth-order valence-electron chi connectivity index (χ4n) is 2.01. The third kappa shape index (κ3) is 3.28. The van der Waals surface area contributed by atoms with Crippen LogP contribution in [-0.2, 0) is 4.74 Å². The van der Waals surface area contributed by atoms with Crippen molar-refractivity contribution in [3.05, 3.63) is 0 Å². The van der Waals surface area contributed by atoms with E-state index < -0.39 is 0 Å². The lowest BCUT2D eigenvalue weighted by Crippen LogP contribution is -2.36. The van der Waals surface area contributed by atoms with Gasteiger partial charge in [0.15, 0.2) is 0 Å². The number of rotatable bonds is 4. The summed E-state index contributed by atoms with van der Waals surface area (Å²) in [6.45, 7) is 5.12. The Balaban J connectivity index is 2.31. The molecule has 13 heavy (non-hydrogen) atoms. The standard InChI is InChI=1S/C11H22O2/c1-3-7-13-11-8-9(4-2)5-6-10(11)12/h9-12H,3-8H2,1-2H3. The Kier molecular flexibility index (Phi) is 4.74. The van der Waals surface area contributed by atoms with E-state index in [1.807, 2.05) is 0 Å². The lowest BCUT2D eigenvalue weighted by molar-refractivity contribution is -0.0713. The van der Waals surface area contributed by atoms with Gasteiger partial charge in [-0.1, -0.05) is 20.3 Å². The topological polar surface area (TPSA) is 29.5 Å². The van der Waals surface area contributed by atoms with Crippen LogP contribution in [0.4, 0.5) is 0 Å². The SMILES string of the molecule is CCCOC1CC(CC)CCC1O. The van der Waals surface area contributed by atoms with Crippen LogP contribution in [-0.4, -0.2) is 23.9 Å². The van der Waals surface area contributed by atoms with Gasteiger partial charge in [0, 0.05) is 6.61 Å². The minimum atomic E-state index is -0.214. The first-order chi connectivity index (χ1) is 6.27. The summed E-state index contributed by atoms with van der Waals surface area (Å²) in [5, 5.41) is 9.68. The van der Waals surface area contributed by atoms with E-state index in [4.69, 9.17) is 4.74 Å². The van der Waals surface area contributed by atoms with Gasteiger partial charge in [0.2, 0.25) is 0 Å². The molecule has 3 unspecified atom stereocenters. The van der Waals surface area contributed by atoms with Crippen molar-refractivity contribution in [2.24, 2.45) is 5.92 Å². The molecule has 1 aliphatic rings. The Labute approximate surface area is 81.3 Å². The monoisotopic (exact) mass is 186 g/mol. The van der Waals surface area contributed by atoms with Gasteiger partial charge in [0.25, 0.3) is 0 Å². The highest BCUT2D eigenvalue weighted by Gasteiger charge is 2.28. The summed E-state index contributed by atoms with van der Waals surface area (Å²) in [7, 11) is 0. The van der Waals surface area contributed by atoms with Crippen LogP contribution in [0, 0.1) is 5.92 Å². The Bertz CT molecular complexity index is 136. The van der Waals surface area contributed by atoms with E-state index in [9.17, 15) is 5.11 Å². The van der Waals surface area contributed by atoms with Crippen LogP contribution in [0.3, 0.4) is 0 Å². The number of hydrogen-bond donors (Lipinski definition) is 1. The summed E-state index contributed by atoms with van der Waals surface area (Å²) < 4.78 is 5.63. The molecule has 0 aliphatic heterocycles. The molecule has 1 saturated carbocycles. The summed E-state index contributed by atoms with van der Waals surface area (Å²) in [4.78, 5) is 0. The van der Waals surface area contributed by atoms with Crippen LogP contribution in [0.5, 0.6) is 0 Å². The molecule has 0 bridgehead atoms. The molecule has 3 atom stereocenters. The van der Waals surface area contributed by atoms with E-state index in [2.05, 4.69) is 13.8 Å². The molecular formula is C11H22O2. The molecule has 1 aliphatic carbocycles. The molecule has 0 amide bonds. The second-order valence-electron chi connectivity index (χ2n) is 4.06. The maximum atomic E-state index is 9.68. The first-order valence-electron chi connectivity index (χ1n) is 5.57. The fraction of sp³-hybridized carbons (Fsp3) is 1.00. The number of ether oxygens (including phenoxy) is 1. The molecule has 2 nitrogen and oxygen atoms in total. The zero-order chi connectivity index (χ0) is 9.68. The molecule has 1 fully saturated rings. The Morgan fingerprint density at radius 1 is 1.31 bits per heavy atom. The second kappa shape index (κ2) is 5.61. The van der Waals surface area contributed by atoms with Crippen molar-refractivity contribution in [3.8, 4) is 0 Å². The van der Waals surface area contributed by atoms with Crippen LogP contribution < -0.4 is 0 Å². The summed E-state index contributed by atoms with van der Waals surface area (Å²) in [6.07, 6.45) is 5.31. The highest BCUT2D eigenvalue weighted by molar-refractivity contribution is 4.79. The van der Waals surface area contributed by atoms with Gasteiger partial charge in [-0.25, -0.2) is 0 Å². The van der Waals surface area contributed by atoms with E-state index in [1.54, 1.807) is 0 Å². The van der Waals surface area contributed by atoms with Crippen molar-refractivity contribution in [2.45, 2.75) is 58.2 Å². The Hall–Kier alpha value is -0.0800. The van der Waals surface area contributed by atoms with Gasteiger partial charge in [0.1, 0.15) is 0 Å². The van der Waals surface area contributed by atoms with Crippen molar-refractivity contribution in [3.63, 3.8) is 0 Å². The molecule has 0 aromatic carbocycles. The quantitative estimate of drug-likeness (QED) is 0.730.